The predicted molar refractivity (Wildman–Crippen MR) is 110 cm³/mol. The molecular formula is C21H28N2O3S. The van der Waals surface area contributed by atoms with Crippen LogP contribution in [0.25, 0.3) is 0 Å². The van der Waals surface area contributed by atoms with Gasteiger partial charge in [-0.25, -0.2) is 8.42 Å². The van der Waals surface area contributed by atoms with Crippen LogP contribution in [0.3, 0.4) is 0 Å². The van der Waals surface area contributed by atoms with E-state index in [-0.39, 0.29) is 16.2 Å². The number of sulfonamides is 1. The molecule has 146 valence electrons. The van der Waals surface area contributed by atoms with Gasteiger partial charge in [0.25, 0.3) is 15.9 Å². The van der Waals surface area contributed by atoms with Gasteiger partial charge in [0.05, 0.1) is 10.6 Å². The zero-order chi connectivity index (χ0) is 20.5. The monoisotopic (exact) mass is 388 g/mol. The van der Waals surface area contributed by atoms with Crippen LogP contribution in [0.4, 0.5) is 5.69 Å². The van der Waals surface area contributed by atoms with E-state index in [1.54, 1.807) is 24.3 Å². The van der Waals surface area contributed by atoms with Crippen LogP contribution in [0.15, 0.2) is 53.4 Å². The van der Waals surface area contributed by atoms with Gasteiger partial charge in [0, 0.05) is 11.1 Å². The van der Waals surface area contributed by atoms with Gasteiger partial charge in [0.2, 0.25) is 0 Å². The zero-order valence-electron chi connectivity index (χ0n) is 16.8. The van der Waals surface area contributed by atoms with Crippen molar-refractivity contribution in [2.45, 2.75) is 57.4 Å². The lowest BCUT2D eigenvalue weighted by Crippen LogP contribution is -2.40. The Morgan fingerprint density at radius 3 is 2.11 bits per heavy atom. The van der Waals surface area contributed by atoms with Crippen molar-refractivity contribution in [3.63, 3.8) is 0 Å². The summed E-state index contributed by atoms with van der Waals surface area (Å²) < 4.78 is 28.5. The van der Waals surface area contributed by atoms with E-state index in [1.807, 2.05) is 53.7 Å². The summed E-state index contributed by atoms with van der Waals surface area (Å²) in [6.07, 6.45) is 0. The molecule has 0 aromatic heterocycles. The molecule has 2 N–H and O–H groups in total. The summed E-state index contributed by atoms with van der Waals surface area (Å²) in [5.74, 6) is -0.311. The highest BCUT2D eigenvalue weighted by Crippen LogP contribution is 2.30. The van der Waals surface area contributed by atoms with E-state index in [2.05, 4.69) is 10.0 Å². The molecule has 2 aromatic rings. The normalized spacial score (nSPS) is 12.5. The Balaban J connectivity index is 2.37. The topological polar surface area (TPSA) is 75.3 Å². The SMILES string of the molecule is CC(C)(C)NC(=O)c1cccc(S(=O)(=O)Nc2ccccc2C(C)(C)C)c1. The maximum atomic E-state index is 12.9. The third-order valence-electron chi connectivity index (χ3n) is 3.87. The zero-order valence-corrected chi connectivity index (χ0v) is 17.6. The number of hydrogen-bond donors (Lipinski definition) is 2. The van der Waals surface area contributed by atoms with E-state index < -0.39 is 15.6 Å². The number of amides is 1. The summed E-state index contributed by atoms with van der Waals surface area (Å²) in [4.78, 5) is 12.4. The lowest BCUT2D eigenvalue weighted by Gasteiger charge is -2.23. The summed E-state index contributed by atoms with van der Waals surface area (Å²) in [6, 6.07) is 13.4. The number of para-hydroxylation sites is 1. The second-order valence-corrected chi connectivity index (χ2v) is 10.3. The fourth-order valence-corrected chi connectivity index (χ4v) is 3.77. The van der Waals surface area contributed by atoms with Crippen LogP contribution in [-0.2, 0) is 15.4 Å². The molecule has 27 heavy (non-hydrogen) atoms. The van der Waals surface area contributed by atoms with E-state index >= 15 is 0 Å². The molecule has 5 nitrogen and oxygen atoms in total. The van der Waals surface area contributed by atoms with Crippen LogP contribution in [0, 0.1) is 0 Å². The van der Waals surface area contributed by atoms with Crippen molar-refractivity contribution < 1.29 is 13.2 Å². The molecule has 1 amide bonds. The molecule has 0 unspecified atom stereocenters. The number of benzene rings is 2. The largest absolute Gasteiger partial charge is 0.347 e. The van der Waals surface area contributed by atoms with Gasteiger partial charge in [-0.3, -0.25) is 9.52 Å². The Kier molecular flexibility index (Phi) is 5.71. The van der Waals surface area contributed by atoms with Gasteiger partial charge in [-0.1, -0.05) is 45.0 Å². The van der Waals surface area contributed by atoms with E-state index in [4.69, 9.17) is 0 Å². The maximum absolute atomic E-state index is 12.9. The summed E-state index contributed by atoms with van der Waals surface area (Å²) in [7, 11) is -3.83. The first kappa shape index (κ1) is 21.0. The fourth-order valence-electron chi connectivity index (χ4n) is 2.65. The van der Waals surface area contributed by atoms with Crippen molar-refractivity contribution in [2.24, 2.45) is 0 Å². The highest BCUT2D eigenvalue weighted by Gasteiger charge is 2.23. The number of carbonyl (C=O) groups is 1. The number of hydrogen-bond acceptors (Lipinski definition) is 3. The average Bonchev–Trinajstić information content (AvgIpc) is 2.52. The van der Waals surface area contributed by atoms with Crippen LogP contribution < -0.4 is 10.0 Å². The molecule has 0 radical (unpaired) electrons. The van der Waals surface area contributed by atoms with Gasteiger partial charge < -0.3 is 5.32 Å². The minimum Gasteiger partial charge on any atom is -0.347 e. The highest BCUT2D eigenvalue weighted by atomic mass is 32.2. The van der Waals surface area contributed by atoms with Gasteiger partial charge in [-0.05, 0) is 56.0 Å². The number of anilines is 1. The van der Waals surface area contributed by atoms with E-state index in [0.717, 1.165) is 5.56 Å². The molecule has 2 aromatic carbocycles. The van der Waals surface area contributed by atoms with Crippen molar-refractivity contribution in [1.29, 1.82) is 0 Å². The lowest BCUT2D eigenvalue weighted by molar-refractivity contribution is 0.0919. The molecular weight excluding hydrogens is 360 g/mol. The molecule has 0 aliphatic rings. The molecule has 0 spiro atoms. The molecule has 0 saturated carbocycles. The molecule has 0 aliphatic carbocycles. The van der Waals surface area contributed by atoms with Crippen LogP contribution in [-0.4, -0.2) is 19.9 Å². The second kappa shape index (κ2) is 7.35. The lowest BCUT2D eigenvalue weighted by atomic mass is 9.86. The van der Waals surface area contributed by atoms with E-state index in [9.17, 15) is 13.2 Å². The standard InChI is InChI=1S/C21H28N2O3S/c1-20(2,3)17-12-7-8-13-18(17)23-27(25,26)16-11-9-10-15(14-16)19(24)22-21(4,5)6/h7-14,23H,1-6H3,(H,22,24). The Hall–Kier alpha value is -2.34. The Morgan fingerprint density at radius 2 is 1.52 bits per heavy atom. The molecule has 0 aliphatic heterocycles. The van der Waals surface area contributed by atoms with Crippen LogP contribution >= 0.6 is 0 Å². The Morgan fingerprint density at radius 1 is 0.889 bits per heavy atom. The third-order valence-corrected chi connectivity index (χ3v) is 5.24. The van der Waals surface area contributed by atoms with Gasteiger partial charge in [-0.15, -0.1) is 0 Å². The van der Waals surface area contributed by atoms with Crippen LogP contribution in [0.2, 0.25) is 0 Å². The minimum atomic E-state index is -3.83. The first-order valence-corrected chi connectivity index (χ1v) is 10.3. The quantitative estimate of drug-likeness (QED) is 0.819. The highest BCUT2D eigenvalue weighted by molar-refractivity contribution is 7.92. The average molecular weight is 389 g/mol. The summed E-state index contributed by atoms with van der Waals surface area (Å²) in [5, 5.41) is 2.84. The molecule has 2 rings (SSSR count). The maximum Gasteiger partial charge on any atom is 0.261 e. The van der Waals surface area contributed by atoms with Gasteiger partial charge in [-0.2, -0.15) is 0 Å². The minimum absolute atomic E-state index is 0.0489. The first-order chi connectivity index (χ1) is 12.3. The molecule has 0 atom stereocenters. The third kappa shape index (κ3) is 5.57. The van der Waals surface area contributed by atoms with Crippen molar-refractivity contribution in [1.82, 2.24) is 5.32 Å². The molecule has 0 heterocycles. The summed E-state index contributed by atoms with van der Waals surface area (Å²) in [6.45, 7) is 11.7. The number of nitrogens with one attached hydrogen (secondary N) is 2. The second-order valence-electron chi connectivity index (χ2n) is 8.63. The fraction of sp³-hybridized carbons (Fsp3) is 0.381. The van der Waals surface area contributed by atoms with E-state index in [1.165, 1.54) is 12.1 Å². The molecule has 6 heteroatoms. The Bertz CT molecular complexity index is 936. The summed E-state index contributed by atoms with van der Waals surface area (Å²) in [5.41, 5.74) is 1.12. The molecule has 0 fully saturated rings. The molecule has 0 saturated heterocycles. The van der Waals surface area contributed by atoms with Gasteiger partial charge >= 0.3 is 0 Å². The Labute approximate surface area is 162 Å². The first-order valence-electron chi connectivity index (χ1n) is 8.84. The van der Waals surface area contributed by atoms with Gasteiger partial charge in [0.15, 0.2) is 0 Å². The van der Waals surface area contributed by atoms with Crippen LogP contribution in [0.5, 0.6) is 0 Å². The van der Waals surface area contributed by atoms with Crippen molar-refractivity contribution in [3.8, 4) is 0 Å². The predicted octanol–water partition coefficient (Wildman–Crippen LogP) is 4.31. The number of rotatable bonds is 4. The van der Waals surface area contributed by atoms with Crippen molar-refractivity contribution in [3.05, 3.63) is 59.7 Å². The number of carbonyl (C=O) groups excluding carboxylic acids is 1. The van der Waals surface area contributed by atoms with Crippen molar-refractivity contribution >= 4 is 21.6 Å². The molecule has 0 bridgehead atoms. The van der Waals surface area contributed by atoms with Crippen LogP contribution in [0.1, 0.15) is 57.5 Å². The van der Waals surface area contributed by atoms with Crippen molar-refractivity contribution in [2.75, 3.05) is 4.72 Å². The smallest absolute Gasteiger partial charge is 0.261 e. The van der Waals surface area contributed by atoms with E-state index in [0.29, 0.717) is 11.3 Å². The van der Waals surface area contributed by atoms with Gasteiger partial charge in [0.1, 0.15) is 0 Å². The summed E-state index contributed by atoms with van der Waals surface area (Å²) >= 11 is 0.